The number of hydrogen-bond donors (Lipinski definition) is 3. The maximum atomic E-state index is 12.4. The average Bonchev–Trinajstić information content (AvgIpc) is 3.44. The zero-order valence-electron chi connectivity index (χ0n) is 14.8. The third-order valence-corrected chi connectivity index (χ3v) is 6.08. The van der Waals surface area contributed by atoms with Crippen LogP contribution in [0.2, 0.25) is 0 Å². The second kappa shape index (κ2) is 8.09. The van der Waals surface area contributed by atoms with Gasteiger partial charge in [0.05, 0.1) is 17.7 Å². The Morgan fingerprint density at radius 1 is 1.23 bits per heavy atom. The van der Waals surface area contributed by atoms with Gasteiger partial charge in [0.25, 0.3) is 0 Å². The van der Waals surface area contributed by atoms with Gasteiger partial charge in [-0.05, 0) is 56.2 Å². The minimum absolute atomic E-state index is 0.0198. The first-order chi connectivity index (χ1) is 12.5. The van der Waals surface area contributed by atoms with E-state index in [1.165, 1.54) is 19.2 Å². The Morgan fingerprint density at radius 2 is 2.04 bits per heavy atom. The molecule has 1 aromatic carbocycles. The van der Waals surface area contributed by atoms with Gasteiger partial charge in [0.2, 0.25) is 10.0 Å². The molecule has 2 aliphatic carbocycles. The number of methoxy groups -OCH3 is 1. The molecule has 0 aliphatic heterocycles. The van der Waals surface area contributed by atoms with E-state index < -0.39 is 10.0 Å². The number of urea groups is 1. The van der Waals surface area contributed by atoms with Gasteiger partial charge in [0.1, 0.15) is 5.75 Å². The summed E-state index contributed by atoms with van der Waals surface area (Å²) in [6, 6.07) is 4.09. The Labute approximate surface area is 154 Å². The van der Waals surface area contributed by atoms with Crippen LogP contribution in [0.1, 0.15) is 32.1 Å². The van der Waals surface area contributed by atoms with Gasteiger partial charge in [0, 0.05) is 12.6 Å². The first-order valence-corrected chi connectivity index (χ1v) is 10.4. The van der Waals surface area contributed by atoms with Crippen molar-refractivity contribution in [1.82, 2.24) is 10.0 Å². The largest absolute Gasteiger partial charge is 0.495 e. The number of anilines is 1. The number of carbonyl (C=O) groups is 1. The number of carbonyl (C=O) groups excluding carboxylic acids is 1. The van der Waals surface area contributed by atoms with Gasteiger partial charge >= 0.3 is 6.03 Å². The Balaban J connectivity index is 1.65. The molecule has 0 saturated heterocycles. The molecule has 2 aliphatic rings. The molecule has 7 nitrogen and oxygen atoms in total. The normalized spacial score (nSPS) is 19.8. The van der Waals surface area contributed by atoms with Crippen LogP contribution in [0.3, 0.4) is 0 Å². The van der Waals surface area contributed by atoms with Crippen LogP contribution in [0, 0.1) is 5.92 Å². The molecule has 1 aromatic rings. The highest BCUT2D eigenvalue weighted by Crippen LogP contribution is 2.29. The van der Waals surface area contributed by atoms with Crippen LogP contribution in [0.15, 0.2) is 35.2 Å². The fraction of sp³-hybridized carbons (Fsp3) is 0.500. The van der Waals surface area contributed by atoms with E-state index in [9.17, 15) is 13.2 Å². The molecule has 142 valence electrons. The molecule has 26 heavy (non-hydrogen) atoms. The van der Waals surface area contributed by atoms with E-state index in [2.05, 4.69) is 27.5 Å². The summed E-state index contributed by atoms with van der Waals surface area (Å²) in [5.74, 6) is 0.841. The van der Waals surface area contributed by atoms with E-state index in [4.69, 9.17) is 4.74 Å². The number of sulfonamides is 1. The summed E-state index contributed by atoms with van der Waals surface area (Å²) in [7, 11) is -2.12. The number of allylic oxidation sites excluding steroid dienone is 2. The Bertz CT molecular complexity index is 788. The van der Waals surface area contributed by atoms with Crippen molar-refractivity contribution in [3.05, 3.63) is 30.4 Å². The lowest BCUT2D eigenvalue weighted by Gasteiger charge is -2.19. The number of ether oxygens (including phenoxy) is 1. The second-order valence-electron chi connectivity index (χ2n) is 6.74. The second-order valence-corrected chi connectivity index (χ2v) is 8.46. The third-order valence-electron chi connectivity index (χ3n) is 4.56. The van der Waals surface area contributed by atoms with Gasteiger partial charge in [-0.3, -0.25) is 0 Å². The predicted octanol–water partition coefficient (Wildman–Crippen LogP) is 2.61. The molecule has 1 atom stereocenters. The summed E-state index contributed by atoms with van der Waals surface area (Å²) < 4.78 is 32.6. The molecule has 0 radical (unpaired) electrons. The van der Waals surface area contributed by atoms with E-state index >= 15 is 0 Å². The smallest absolute Gasteiger partial charge is 0.319 e. The monoisotopic (exact) mass is 379 g/mol. The van der Waals surface area contributed by atoms with Crippen LogP contribution in [-0.2, 0) is 10.0 Å². The highest BCUT2D eigenvalue weighted by Gasteiger charge is 2.28. The zero-order valence-corrected chi connectivity index (χ0v) is 15.6. The van der Waals surface area contributed by atoms with E-state index in [-0.39, 0.29) is 17.0 Å². The SMILES string of the molecule is COc1ccc(S(=O)(=O)NC2CC2)cc1NC(=O)NCC1CC=CCC1. The predicted molar refractivity (Wildman–Crippen MR) is 99.8 cm³/mol. The van der Waals surface area contributed by atoms with Crippen molar-refractivity contribution < 1.29 is 17.9 Å². The van der Waals surface area contributed by atoms with Gasteiger partial charge in [-0.2, -0.15) is 0 Å². The molecule has 3 N–H and O–H groups in total. The molecule has 3 rings (SSSR count). The van der Waals surface area contributed by atoms with Crippen molar-refractivity contribution in [2.75, 3.05) is 19.0 Å². The van der Waals surface area contributed by atoms with E-state index in [0.29, 0.717) is 23.9 Å². The first-order valence-electron chi connectivity index (χ1n) is 8.88. The maximum absolute atomic E-state index is 12.4. The van der Waals surface area contributed by atoms with E-state index in [1.54, 1.807) is 6.07 Å². The number of hydrogen-bond acceptors (Lipinski definition) is 4. The summed E-state index contributed by atoms with van der Waals surface area (Å²) in [6.07, 6.45) is 9.07. The molecule has 0 heterocycles. The van der Waals surface area contributed by atoms with Crippen LogP contribution in [0.4, 0.5) is 10.5 Å². The van der Waals surface area contributed by atoms with Gasteiger partial charge in [0.15, 0.2) is 0 Å². The zero-order chi connectivity index (χ0) is 18.6. The van der Waals surface area contributed by atoms with Crippen LogP contribution in [0.5, 0.6) is 5.75 Å². The standard InChI is InChI=1S/C18H25N3O4S/c1-25-17-10-9-15(26(23,24)21-14-7-8-14)11-16(17)20-18(22)19-12-13-5-3-2-4-6-13/h2-3,9-11,13-14,21H,4-8,12H2,1H3,(H2,19,20,22). The first kappa shape index (κ1) is 18.7. The van der Waals surface area contributed by atoms with Crippen molar-refractivity contribution in [1.29, 1.82) is 0 Å². The van der Waals surface area contributed by atoms with Gasteiger partial charge in [-0.15, -0.1) is 0 Å². The van der Waals surface area contributed by atoms with Crippen LogP contribution in [-0.4, -0.2) is 34.1 Å². The topological polar surface area (TPSA) is 96.5 Å². The molecular weight excluding hydrogens is 354 g/mol. The maximum Gasteiger partial charge on any atom is 0.319 e. The molecule has 0 bridgehead atoms. The van der Waals surface area contributed by atoms with Crippen molar-refractivity contribution in [2.45, 2.75) is 43.0 Å². The van der Waals surface area contributed by atoms with Crippen molar-refractivity contribution in [3.8, 4) is 5.75 Å². The third kappa shape index (κ3) is 4.98. The Kier molecular flexibility index (Phi) is 5.83. The van der Waals surface area contributed by atoms with Crippen molar-refractivity contribution >= 4 is 21.7 Å². The molecular formula is C18H25N3O4S. The minimum atomic E-state index is -3.59. The van der Waals surface area contributed by atoms with Crippen LogP contribution < -0.4 is 20.1 Å². The Morgan fingerprint density at radius 3 is 2.69 bits per heavy atom. The molecule has 1 fully saturated rings. The lowest BCUT2D eigenvalue weighted by molar-refractivity contribution is 0.249. The molecule has 0 spiro atoms. The number of rotatable bonds is 7. The van der Waals surface area contributed by atoms with E-state index in [0.717, 1.165) is 32.1 Å². The summed E-state index contributed by atoms with van der Waals surface area (Å²) >= 11 is 0. The molecule has 1 unspecified atom stereocenters. The van der Waals surface area contributed by atoms with Crippen LogP contribution in [0.25, 0.3) is 0 Å². The fourth-order valence-corrected chi connectivity index (χ4v) is 4.22. The summed E-state index contributed by atoms with van der Waals surface area (Å²) in [5, 5.41) is 5.55. The summed E-state index contributed by atoms with van der Waals surface area (Å²) in [5.41, 5.74) is 0.326. The average molecular weight is 379 g/mol. The summed E-state index contributed by atoms with van der Waals surface area (Å²) in [4.78, 5) is 12.3. The van der Waals surface area contributed by atoms with Gasteiger partial charge in [-0.1, -0.05) is 12.2 Å². The summed E-state index contributed by atoms with van der Waals surface area (Å²) in [6.45, 7) is 0.583. The quantitative estimate of drug-likeness (QED) is 0.635. The number of amides is 2. The van der Waals surface area contributed by atoms with Crippen LogP contribution >= 0.6 is 0 Å². The fourth-order valence-electron chi connectivity index (χ4n) is 2.89. The van der Waals surface area contributed by atoms with Gasteiger partial charge < -0.3 is 15.4 Å². The lowest BCUT2D eigenvalue weighted by Crippen LogP contribution is -2.33. The minimum Gasteiger partial charge on any atom is -0.495 e. The highest BCUT2D eigenvalue weighted by atomic mass is 32.2. The lowest BCUT2D eigenvalue weighted by atomic mass is 9.94. The van der Waals surface area contributed by atoms with Gasteiger partial charge in [-0.25, -0.2) is 17.9 Å². The number of nitrogens with one attached hydrogen (secondary N) is 3. The van der Waals surface area contributed by atoms with E-state index in [1.807, 2.05) is 0 Å². The van der Waals surface area contributed by atoms with Crippen molar-refractivity contribution in [2.24, 2.45) is 5.92 Å². The number of benzene rings is 1. The molecule has 2 amide bonds. The Hall–Kier alpha value is -2.06. The van der Waals surface area contributed by atoms with Crippen molar-refractivity contribution in [3.63, 3.8) is 0 Å². The highest BCUT2D eigenvalue weighted by molar-refractivity contribution is 7.89. The molecule has 8 heteroatoms. The molecule has 0 aromatic heterocycles. The molecule has 1 saturated carbocycles.